The van der Waals surface area contributed by atoms with Gasteiger partial charge in [-0.2, -0.15) is 0 Å². The average Bonchev–Trinajstić information content (AvgIpc) is 2.53. The predicted octanol–water partition coefficient (Wildman–Crippen LogP) is 0.444. The summed E-state index contributed by atoms with van der Waals surface area (Å²) < 4.78 is 7.07. The van der Waals surface area contributed by atoms with Gasteiger partial charge in [0.05, 0.1) is 0 Å². The molecule has 7 nitrogen and oxygen atoms in total. The largest absolute Gasteiger partial charge is 0.469 e. The third kappa shape index (κ3) is 1.85. The number of nitro groups is 1. The fourth-order valence-electron chi connectivity index (χ4n) is 1.79. The van der Waals surface area contributed by atoms with Gasteiger partial charge in [-0.3, -0.25) is 4.57 Å². The molecule has 0 atom stereocenters. The van der Waals surface area contributed by atoms with Crippen LogP contribution in [0.15, 0.2) is 6.33 Å². The van der Waals surface area contributed by atoms with Crippen molar-refractivity contribution >= 4 is 5.82 Å². The number of rotatable bonds is 4. The predicted molar refractivity (Wildman–Crippen MR) is 56.1 cm³/mol. The SMILES string of the molecule is Cn1cnc([N+](=O)[O-])c1OC1CC(CN)C1. The van der Waals surface area contributed by atoms with Gasteiger partial charge >= 0.3 is 5.82 Å². The standard InChI is InChI=1S/C9H14N4O3/c1-12-5-11-8(13(14)15)9(12)16-7-2-6(3-7)4-10/h5-7H,2-4,10H2,1H3. The highest BCUT2D eigenvalue weighted by molar-refractivity contribution is 5.33. The maximum absolute atomic E-state index is 10.7. The second-order valence-corrected chi connectivity index (χ2v) is 4.05. The summed E-state index contributed by atoms with van der Waals surface area (Å²) in [5, 5.41) is 10.7. The monoisotopic (exact) mass is 226 g/mol. The first-order valence-electron chi connectivity index (χ1n) is 5.14. The first kappa shape index (κ1) is 10.9. The van der Waals surface area contributed by atoms with Gasteiger partial charge in [0.2, 0.25) is 6.33 Å². The maximum atomic E-state index is 10.7. The van der Waals surface area contributed by atoms with E-state index in [1.165, 1.54) is 10.9 Å². The van der Waals surface area contributed by atoms with E-state index in [1.54, 1.807) is 7.05 Å². The fourth-order valence-corrected chi connectivity index (χ4v) is 1.79. The van der Waals surface area contributed by atoms with Crippen LogP contribution < -0.4 is 10.5 Å². The van der Waals surface area contributed by atoms with Gasteiger partial charge in [-0.25, -0.2) is 0 Å². The van der Waals surface area contributed by atoms with Crippen molar-refractivity contribution in [2.75, 3.05) is 6.54 Å². The van der Waals surface area contributed by atoms with E-state index in [4.69, 9.17) is 10.5 Å². The molecule has 0 radical (unpaired) electrons. The highest BCUT2D eigenvalue weighted by atomic mass is 16.6. The molecule has 1 saturated carbocycles. The number of aryl methyl sites for hydroxylation is 1. The Bertz CT molecular complexity index is 397. The molecule has 1 aromatic heterocycles. The molecule has 88 valence electrons. The van der Waals surface area contributed by atoms with Crippen molar-refractivity contribution in [1.29, 1.82) is 0 Å². The van der Waals surface area contributed by atoms with Gasteiger partial charge in [-0.05, 0) is 35.2 Å². The van der Waals surface area contributed by atoms with Gasteiger partial charge in [0.15, 0.2) is 0 Å². The van der Waals surface area contributed by atoms with Crippen LogP contribution in [0.2, 0.25) is 0 Å². The van der Waals surface area contributed by atoms with Crippen molar-refractivity contribution in [3.63, 3.8) is 0 Å². The lowest BCUT2D eigenvalue weighted by Gasteiger charge is -2.33. The Balaban J connectivity index is 2.04. The minimum atomic E-state index is -0.533. The zero-order valence-electron chi connectivity index (χ0n) is 9.00. The number of hydrogen-bond donors (Lipinski definition) is 1. The molecule has 2 rings (SSSR count). The van der Waals surface area contributed by atoms with Crippen molar-refractivity contribution < 1.29 is 9.66 Å². The highest BCUT2D eigenvalue weighted by Gasteiger charge is 2.33. The van der Waals surface area contributed by atoms with E-state index in [2.05, 4.69) is 4.98 Å². The Labute approximate surface area is 92.4 Å². The number of aromatic nitrogens is 2. The van der Waals surface area contributed by atoms with Crippen LogP contribution in [0.5, 0.6) is 5.88 Å². The zero-order chi connectivity index (χ0) is 11.7. The van der Waals surface area contributed by atoms with E-state index in [0.717, 1.165) is 12.8 Å². The molecule has 16 heavy (non-hydrogen) atoms. The van der Waals surface area contributed by atoms with Crippen LogP contribution in [0.4, 0.5) is 5.82 Å². The second-order valence-electron chi connectivity index (χ2n) is 4.05. The van der Waals surface area contributed by atoms with Gasteiger partial charge < -0.3 is 20.6 Å². The molecule has 0 bridgehead atoms. The second kappa shape index (κ2) is 4.09. The fraction of sp³-hybridized carbons (Fsp3) is 0.667. The lowest BCUT2D eigenvalue weighted by atomic mass is 9.82. The van der Waals surface area contributed by atoms with Crippen LogP contribution in [-0.4, -0.2) is 27.1 Å². The van der Waals surface area contributed by atoms with Crippen LogP contribution in [0, 0.1) is 16.0 Å². The van der Waals surface area contributed by atoms with Crippen molar-refractivity contribution in [1.82, 2.24) is 9.55 Å². The van der Waals surface area contributed by atoms with Gasteiger partial charge in [0.25, 0.3) is 5.88 Å². The van der Waals surface area contributed by atoms with E-state index in [-0.39, 0.29) is 17.8 Å². The van der Waals surface area contributed by atoms with Crippen molar-refractivity contribution in [2.24, 2.45) is 18.7 Å². The summed E-state index contributed by atoms with van der Waals surface area (Å²) in [5.74, 6) is 0.487. The normalized spacial score (nSPS) is 23.9. The molecule has 0 aromatic carbocycles. The third-order valence-electron chi connectivity index (χ3n) is 2.84. The number of hydrogen-bond acceptors (Lipinski definition) is 5. The summed E-state index contributed by atoms with van der Waals surface area (Å²) in [7, 11) is 1.68. The van der Waals surface area contributed by atoms with E-state index in [1.807, 2.05) is 0 Å². The summed E-state index contributed by atoms with van der Waals surface area (Å²) in [4.78, 5) is 13.8. The topological polar surface area (TPSA) is 96.2 Å². The Hall–Kier alpha value is -1.63. The Morgan fingerprint density at radius 2 is 2.44 bits per heavy atom. The van der Waals surface area contributed by atoms with Crippen molar-refractivity contribution in [3.8, 4) is 5.88 Å². The summed E-state index contributed by atoms with van der Waals surface area (Å²) in [6.07, 6.45) is 3.13. The molecule has 0 unspecified atom stereocenters. The molecule has 2 N–H and O–H groups in total. The Morgan fingerprint density at radius 3 is 3.00 bits per heavy atom. The molecule has 0 spiro atoms. The maximum Gasteiger partial charge on any atom is 0.426 e. The summed E-state index contributed by atoms with van der Waals surface area (Å²) in [6, 6.07) is 0. The molecule has 1 heterocycles. The molecule has 1 aromatic rings. The van der Waals surface area contributed by atoms with E-state index in [9.17, 15) is 10.1 Å². The van der Waals surface area contributed by atoms with E-state index < -0.39 is 4.92 Å². The molecular weight excluding hydrogens is 212 g/mol. The van der Waals surface area contributed by atoms with Crippen molar-refractivity contribution in [2.45, 2.75) is 18.9 Å². The van der Waals surface area contributed by atoms with Gasteiger partial charge in [-0.1, -0.05) is 0 Å². The van der Waals surface area contributed by atoms with Crippen molar-refractivity contribution in [3.05, 3.63) is 16.4 Å². The smallest absolute Gasteiger partial charge is 0.426 e. The summed E-state index contributed by atoms with van der Waals surface area (Å²) in [5.41, 5.74) is 5.50. The lowest BCUT2D eigenvalue weighted by Crippen LogP contribution is -2.38. The molecule has 1 fully saturated rings. The van der Waals surface area contributed by atoms with Gasteiger partial charge in [0.1, 0.15) is 6.10 Å². The lowest BCUT2D eigenvalue weighted by molar-refractivity contribution is -0.390. The first-order chi connectivity index (χ1) is 7.61. The summed E-state index contributed by atoms with van der Waals surface area (Å²) >= 11 is 0. The molecule has 0 aliphatic heterocycles. The molecular formula is C9H14N4O3. The zero-order valence-corrected chi connectivity index (χ0v) is 9.00. The van der Waals surface area contributed by atoms with Gasteiger partial charge in [-0.15, -0.1) is 0 Å². The van der Waals surface area contributed by atoms with Crippen LogP contribution in [-0.2, 0) is 7.05 Å². The average molecular weight is 226 g/mol. The quantitative estimate of drug-likeness (QED) is 0.593. The Morgan fingerprint density at radius 1 is 1.75 bits per heavy atom. The van der Waals surface area contributed by atoms with Gasteiger partial charge in [0, 0.05) is 7.05 Å². The summed E-state index contributed by atoms with van der Waals surface area (Å²) in [6.45, 7) is 0.646. The van der Waals surface area contributed by atoms with E-state index in [0.29, 0.717) is 12.5 Å². The number of nitrogens with zero attached hydrogens (tertiary/aromatic N) is 3. The molecule has 0 amide bonds. The van der Waals surface area contributed by atoms with Crippen LogP contribution in [0.25, 0.3) is 0 Å². The Kier molecular flexibility index (Phi) is 2.78. The number of nitrogens with two attached hydrogens (primary N) is 1. The third-order valence-corrected chi connectivity index (χ3v) is 2.84. The minimum absolute atomic E-state index is 0.0302. The minimum Gasteiger partial charge on any atom is -0.469 e. The number of ether oxygens (including phenoxy) is 1. The molecule has 0 saturated heterocycles. The van der Waals surface area contributed by atoms with Crippen LogP contribution in [0.3, 0.4) is 0 Å². The first-order valence-corrected chi connectivity index (χ1v) is 5.14. The number of imidazole rings is 1. The van der Waals surface area contributed by atoms with Crippen LogP contribution in [0.1, 0.15) is 12.8 Å². The highest BCUT2D eigenvalue weighted by Crippen LogP contribution is 2.33. The van der Waals surface area contributed by atoms with Crippen LogP contribution >= 0.6 is 0 Å². The molecule has 1 aliphatic rings. The molecule has 7 heteroatoms. The van der Waals surface area contributed by atoms with E-state index >= 15 is 0 Å². The molecule has 1 aliphatic carbocycles.